The number of rotatable bonds is 7. The maximum atomic E-state index is 12.8. The van der Waals surface area contributed by atoms with Crippen LogP contribution in [-0.4, -0.2) is 22.9 Å². The second kappa shape index (κ2) is 9.59. The van der Waals surface area contributed by atoms with E-state index in [0.717, 1.165) is 17.3 Å². The molecule has 26 heavy (non-hydrogen) atoms. The topological polar surface area (TPSA) is 79.2 Å². The van der Waals surface area contributed by atoms with Gasteiger partial charge in [0.15, 0.2) is 0 Å². The highest BCUT2D eigenvalue weighted by Crippen LogP contribution is 2.15. The van der Waals surface area contributed by atoms with E-state index in [9.17, 15) is 14.0 Å². The zero-order valence-electron chi connectivity index (χ0n) is 14.1. The molecule has 2 rings (SSSR count). The molecular weight excluding hydrogens is 355 g/mol. The van der Waals surface area contributed by atoms with Gasteiger partial charge >= 0.3 is 5.97 Å². The average Bonchev–Trinajstić information content (AvgIpc) is 2.66. The van der Waals surface area contributed by atoms with Crippen molar-refractivity contribution in [2.45, 2.75) is 18.8 Å². The van der Waals surface area contributed by atoms with Crippen LogP contribution in [0.25, 0.3) is 0 Å². The molecule has 0 saturated heterocycles. The molecule has 5 nitrogen and oxygen atoms in total. The summed E-state index contributed by atoms with van der Waals surface area (Å²) >= 11 is 1.15. The zero-order valence-corrected chi connectivity index (χ0v) is 14.9. The third kappa shape index (κ3) is 6.22. The minimum Gasteiger partial charge on any atom is -0.460 e. The molecule has 2 aromatic carbocycles. The Morgan fingerprint density at radius 3 is 2.46 bits per heavy atom. The molecule has 0 fully saturated rings. The molecule has 0 unspecified atom stereocenters. The number of ether oxygens (including phenoxy) is 1. The third-order valence-electron chi connectivity index (χ3n) is 3.39. The Bertz CT molecular complexity index is 801. The largest absolute Gasteiger partial charge is 0.460 e. The Morgan fingerprint density at radius 2 is 1.85 bits per heavy atom. The normalized spacial score (nSPS) is 11.3. The van der Waals surface area contributed by atoms with Crippen LogP contribution in [-0.2, 0) is 20.9 Å². The fourth-order valence-corrected chi connectivity index (χ4v) is 2.62. The Labute approximate surface area is 155 Å². The van der Waals surface area contributed by atoms with E-state index in [1.54, 1.807) is 31.2 Å². The van der Waals surface area contributed by atoms with Gasteiger partial charge in [0.2, 0.25) is 5.91 Å². The van der Waals surface area contributed by atoms with Gasteiger partial charge in [-0.2, -0.15) is 5.26 Å². The van der Waals surface area contributed by atoms with E-state index in [0.29, 0.717) is 11.3 Å². The van der Waals surface area contributed by atoms with E-state index in [1.807, 2.05) is 6.07 Å². The van der Waals surface area contributed by atoms with E-state index < -0.39 is 11.2 Å². The van der Waals surface area contributed by atoms with Gasteiger partial charge in [-0.1, -0.05) is 12.1 Å². The summed E-state index contributed by atoms with van der Waals surface area (Å²) in [7, 11) is 0. The highest BCUT2D eigenvalue weighted by Gasteiger charge is 2.17. The maximum Gasteiger partial charge on any atom is 0.319 e. The maximum absolute atomic E-state index is 12.8. The molecule has 2 aromatic rings. The van der Waals surface area contributed by atoms with Crippen molar-refractivity contribution in [2.75, 3.05) is 11.1 Å². The van der Waals surface area contributed by atoms with Gasteiger partial charge in [0.05, 0.1) is 17.4 Å². The number of benzene rings is 2. The number of anilines is 1. The summed E-state index contributed by atoms with van der Waals surface area (Å²) in [5.41, 5.74) is 1.81. The molecule has 0 saturated carbocycles. The molecule has 0 spiro atoms. The van der Waals surface area contributed by atoms with Gasteiger partial charge in [0, 0.05) is 5.69 Å². The lowest BCUT2D eigenvalue weighted by Crippen LogP contribution is -2.21. The number of carbonyl (C=O) groups is 2. The van der Waals surface area contributed by atoms with Crippen LogP contribution >= 0.6 is 11.8 Å². The van der Waals surface area contributed by atoms with E-state index >= 15 is 0 Å². The van der Waals surface area contributed by atoms with Crippen molar-refractivity contribution in [3.8, 4) is 6.07 Å². The summed E-state index contributed by atoms with van der Waals surface area (Å²) < 4.78 is 18.0. The Kier molecular flexibility index (Phi) is 7.18. The third-order valence-corrected chi connectivity index (χ3v) is 4.51. The smallest absolute Gasteiger partial charge is 0.319 e. The van der Waals surface area contributed by atoms with Crippen LogP contribution in [0.5, 0.6) is 0 Å². The number of thioether (sulfide) groups is 1. The SMILES string of the molecule is C[C@@H](SCC(=O)Nc1ccc(F)cc1)C(=O)OCc1ccc(C#N)cc1. The molecular formula is C19H17FN2O3S. The molecule has 0 aliphatic rings. The Balaban J connectivity index is 1.73. The summed E-state index contributed by atoms with van der Waals surface area (Å²) in [4.78, 5) is 23.8. The molecule has 1 atom stereocenters. The van der Waals surface area contributed by atoms with Gasteiger partial charge in [-0.15, -0.1) is 11.8 Å². The van der Waals surface area contributed by atoms with Gasteiger partial charge in [0.25, 0.3) is 0 Å². The number of hydrogen-bond acceptors (Lipinski definition) is 5. The van der Waals surface area contributed by atoms with Crippen LogP contribution in [0, 0.1) is 17.1 Å². The molecule has 7 heteroatoms. The fraction of sp³-hybridized carbons (Fsp3) is 0.211. The number of nitriles is 1. The monoisotopic (exact) mass is 372 g/mol. The lowest BCUT2D eigenvalue weighted by atomic mass is 10.2. The number of nitrogens with one attached hydrogen (secondary N) is 1. The summed E-state index contributed by atoms with van der Waals surface area (Å²) in [6, 6.07) is 14.2. The molecule has 1 N–H and O–H groups in total. The lowest BCUT2D eigenvalue weighted by Gasteiger charge is -2.11. The quantitative estimate of drug-likeness (QED) is 0.753. The summed E-state index contributed by atoms with van der Waals surface area (Å²) in [6.45, 7) is 1.77. The molecule has 0 heterocycles. The van der Waals surface area contributed by atoms with Crippen molar-refractivity contribution >= 4 is 29.3 Å². The van der Waals surface area contributed by atoms with Crippen molar-refractivity contribution in [1.29, 1.82) is 5.26 Å². The Morgan fingerprint density at radius 1 is 1.19 bits per heavy atom. The first kappa shape index (κ1) is 19.5. The number of amides is 1. The van der Waals surface area contributed by atoms with Crippen molar-refractivity contribution in [2.24, 2.45) is 0 Å². The zero-order chi connectivity index (χ0) is 18.9. The molecule has 0 radical (unpaired) electrons. The van der Waals surface area contributed by atoms with Crippen molar-refractivity contribution in [3.63, 3.8) is 0 Å². The molecule has 1 amide bonds. The van der Waals surface area contributed by atoms with E-state index in [-0.39, 0.29) is 24.1 Å². The molecule has 0 aliphatic carbocycles. The van der Waals surface area contributed by atoms with Crippen molar-refractivity contribution < 1.29 is 18.7 Å². The van der Waals surface area contributed by atoms with Gasteiger partial charge in [-0.25, -0.2) is 4.39 Å². The first-order valence-corrected chi connectivity index (χ1v) is 8.85. The predicted octanol–water partition coefficient (Wildman–Crippen LogP) is 3.50. The first-order valence-electron chi connectivity index (χ1n) is 7.80. The minimum absolute atomic E-state index is 0.0739. The predicted molar refractivity (Wildman–Crippen MR) is 97.9 cm³/mol. The van der Waals surface area contributed by atoms with Gasteiger partial charge < -0.3 is 10.1 Å². The number of nitrogens with zero attached hydrogens (tertiary/aromatic N) is 1. The Hall–Kier alpha value is -2.85. The minimum atomic E-state index is -0.507. The molecule has 0 aromatic heterocycles. The number of carbonyl (C=O) groups excluding carboxylic acids is 2. The van der Waals surface area contributed by atoms with Crippen LogP contribution in [0.4, 0.5) is 10.1 Å². The van der Waals surface area contributed by atoms with Gasteiger partial charge in [0.1, 0.15) is 17.7 Å². The standard InChI is InChI=1S/C19H17FN2O3S/c1-13(19(24)25-11-15-4-2-14(10-21)3-5-15)26-12-18(23)22-17-8-6-16(20)7-9-17/h2-9,13H,11-12H2,1H3,(H,22,23)/t13-/m1/s1. The molecule has 0 bridgehead atoms. The lowest BCUT2D eigenvalue weighted by molar-refractivity contribution is -0.143. The number of esters is 1. The van der Waals surface area contributed by atoms with Crippen molar-refractivity contribution in [3.05, 3.63) is 65.5 Å². The van der Waals surface area contributed by atoms with Crippen molar-refractivity contribution in [1.82, 2.24) is 0 Å². The first-order chi connectivity index (χ1) is 12.5. The van der Waals surface area contributed by atoms with Crippen LogP contribution in [0.1, 0.15) is 18.1 Å². The summed E-state index contributed by atoms with van der Waals surface area (Å²) in [5, 5.41) is 10.9. The highest BCUT2D eigenvalue weighted by atomic mass is 32.2. The van der Waals surface area contributed by atoms with Crippen LogP contribution in [0.15, 0.2) is 48.5 Å². The van der Waals surface area contributed by atoms with Gasteiger partial charge in [-0.3, -0.25) is 9.59 Å². The fourth-order valence-electron chi connectivity index (χ4n) is 1.95. The molecule has 134 valence electrons. The molecule has 0 aliphatic heterocycles. The van der Waals surface area contributed by atoms with E-state index in [1.165, 1.54) is 24.3 Å². The summed E-state index contributed by atoms with van der Waals surface area (Å²) in [5.74, 6) is -1.01. The van der Waals surface area contributed by atoms with E-state index in [4.69, 9.17) is 10.00 Å². The second-order valence-electron chi connectivity index (χ2n) is 5.42. The van der Waals surface area contributed by atoms with E-state index in [2.05, 4.69) is 5.32 Å². The highest BCUT2D eigenvalue weighted by molar-refractivity contribution is 8.01. The second-order valence-corrected chi connectivity index (χ2v) is 6.75. The van der Waals surface area contributed by atoms with Crippen LogP contribution in [0.3, 0.4) is 0 Å². The van der Waals surface area contributed by atoms with Crippen LogP contribution in [0.2, 0.25) is 0 Å². The average molecular weight is 372 g/mol. The van der Waals surface area contributed by atoms with Crippen LogP contribution < -0.4 is 5.32 Å². The van der Waals surface area contributed by atoms with Gasteiger partial charge in [-0.05, 0) is 48.9 Å². The number of halogens is 1. The number of hydrogen-bond donors (Lipinski definition) is 1. The summed E-state index contributed by atoms with van der Waals surface area (Å²) in [6.07, 6.45) is 0.